The first-order valence-corrected chi connectivity index (χ1v) is 8.91. The molecule has 0 unspecified atom stereocenters. The molecule has 0 saturated carbocycles. The molecule has 3 heterocycles. The lowest BCUT2D eigenvalue weighted by molar-refractivity contribution is -0.132. The van der Waals surface area contributed by atoms with Crippen molar-refractivity contribution < 1.29 is 4.79 Å². The van der Waals surface area contributed by atoms with Gasteiger partial charge in [-0.1, -0.05) is 12.1 Å². The molecule has 0 radical (unpaired) electrons. The maximum atomic E-state index is 12.7. The number of carbonyl (C=O) groups is 1. The number of imidazole rings is 1. The summed E-state index contributed by atoms with van der Waals surface area (Å²) in [6.45, 7) is 3.67. The number of aryl methyl sites for hydroxylation is 2. The van der Waals surface area contributed by atoms with Crippen molar-refractivity contribution >= 4 is 16.9 Å². The average Bonchev–Trinajstić information content (AvgIpc) is 3.32. The monoisotopic (exact) mass is 337 g/mol. The van der Waals surface area contributed by atoms with Crippen molar-refractivity contribution in [3.8, 4) is 0 Å². The summed E-state index contributed by atoms with van der Waals surface area (Å²) in [6, 6.07) is 8.21. The highest BCUT2D eigenvalue weighted by Crippen LogP contribution is 2.21. The van der Waals surface area contributed by atoms with E-state index in [0.717, 1.165) is 48.4 Å². The molecule has 1 saturated heterocycles. The Bertz CT molecular complexity index is 848. The Kier molecular flexibility index (Phi) is 4.26. The van der Waals surface area contributed by atoms with Gasteiger partial charge in [-0.2, -0.15) is 5.10 Å². The molecule has 1 aromatic carbocycles. The summed E-state index contributed by atoms with van der Waals surface area (Å²) in [5, 5.41) is 4.35. The largest absolute Gasteiger partial charge is 0.342 e. The van der Waals surface area contributed by atoms with Crippen molar-refractivity contribution in [1.29, 1.82) is 0 Å². The molecular weight excluding hydrogens is 314 g/mol. The maximum absolute atomic E-state index is 12.7. The van der Waals surface area contributed by atoms with E-state index in [9.17, 15) is 4.79 Å². The molecule has 1 N–H and O–H groups in total. The van der Waals surface area contributed by atoms with Crippen molar-refractivity contribution in [3.05, 3.63) is 48.0 Å². The van der Waals surface area contributed by atoms with Crippen LogP contribution in [0.3, 0.4) is 0 Å². The Balaban J connectivity index is 1.37. The fraction of sp³-hybridized carbons (Fsp3) is 0.421. The number of carbonyl (C=O) groups excluding carboxylic acids is 1. The van der Waals surface area contributed by atoms with Crippen LogP contribution in [0.2, 0.25) is 0 Å². The number of aromatic nitrogens is 4. The van der Waals surface area contributed by atoms with Gasteiger partial charge in [-0.05, 0) is 37.5 Å². The summed E-state index contributed by atoms with van der Waals surface area (Å²) < 4.78 is 1.95. The van der Waals surface area contributed by atoms with Crippen LogP contribution in [-0.2, 0) is 17.8 Å². The number of aromatic amines is 1. The molecule has 2 aromatic heterocycles. The SMILES string of the molecule is Cc1cnn(C[C@H]2CCCN2C(=O)CCc2nc3ccccc3[nH]2)c1. The Morgan fingerprint density at radius 3 is 3.04 bits per heavy atom. The van der Waals surface area contributed by atoms with E-state index < -0.39 is 0 Å². The predicted octanol–water partition coefficient (Wildman–Crippen LogP) is 2.69. The summed E-state index contributed by atoms with van der Waals surface area (Å²) in [7, 11) is 0. The zero-order chi connectivity index (χ0) is 17.2. The first kappa shape index (κ1) is 15.9. The van der Waals surface area contributed by atoms with Crippen LogP contribution >= 0.6 is 0 Å². The zero-order valence-electron chi connectivity index (χ0n) is 14.5. The van der Waals surface area contributed by atoms with Crippen LogP contribution in [0.5, 0.6) is 0 Å². The molecule has 4 rings (SSSR count). The number of benzene rings is 1. The number of hydrogen-bond donors (Lipinski definition) is 1. The van der Waals surface area contributed by atoms with Gasteiger partial charge in [0, 0.05) is 25.6 Å². The van der Waals surface area contributed by atoms with Gasteiger partial charge in [-0.15, -0.1) is 0 Å². The van der Waals surface area contributed by atoms with Gasteiger partial charge in [0.25, 0.3) is 0 Å². The molecule has 1 fully saturated rings. The van der Waals surface area contributed by atoms with Gasteiger partial charge >= 0.3 is 0 Å². The van der Waals surface area contributed by atoms with Gasteiger partial charge < -0.3 is 9.88 Å². The molecule has 1 aliphatic rings. The molecule has 0 spiro atoms. The number of para-hydroxylation sites is 2. The number of H-pyrrole nitrogens is 1. The molecule has 1 amide bonds. The second-order valence-electron chi connectivity index (χ2n) is 6.82. The Morgan fingerprint density at radius 2 is 2.24 bits per heavy atom. The number of likely N-dealkylation sites (tertiary alicyclic amines) is 1. The van der Waals surface area contributed by atoms with E-state index in [-0.39, 0.29) is 11.9 Å². The first-order valence-electron chi connectivity index (χ1n) is 8.91. The topological polar surface area (TPSA) is 66.8 Å². The molecular formula is C19H23N5O. The summed E-state index contributed by atoms with van der Waals surface area (Å²) in [4.78, 5) is 22.6. The molecule has 0 aliphatic carbocycles. The van der Waals surface area contributed by atoms with Crippen LogP contribution in [0.4, 0.5) is 0 Å². The van der Waals surface area contributed by atoms with Crippen molar-refractivity contribution in [1.82, 2.24) is 24.6 Å². The Morgan fingerprint density at radius 1 is 1.36 bits per heavy atom. The average molecular weight is 337 g/mol. The van der Waals surface area contributed by atoms with Gasteiger partial charge in [0.1, 0.15) is 5.82 Å². The zero-order valence-corrected chi connectivity index (χ0v) is 14.5. The van der Waals surface area contributed by atoms with Crippen LogP contribution in [-0.4, -0.2) is 43.1 Å². The van der Waals surface area contributed by atoms with Crippen LogP contribution in [0.15, 0.2) is 36.7 Å². The standard InChI is InChI=1S/C19H23N5O/c1-14-11-20-23(12-14)13-15-5-4-10-24(15)19(25)9-8-18-21-16-6-2-3-7-17(16)22-18/h2-3,6-7,11-12,15H,4-5,8-10,13H2,1H3,(H,21,22)/t15-/m1/s1. The summed E-state index contributed by atoms with van der Waals surface area (Å²) in [5.74, 6) is 1.10. The van der Waals surface area contributed by atoms with Crippen LogP contribution in [0.25, 0.3) is 11.0 Å². The Labute approximate surface area is 146 Å². The minimum absolute atomic E-state index is 0.215. The smallest absolute Gasteiger partial charge is 0.223 e. The van der Waals surface area contributed by atoms with Crippen molar-refractivity contribution in [2.45, 2.75) is 45.2 Å². The van der Waals surface area contributed by atoms with E-state index >= 15 is 0 Å². The number of hydrogen-bond acceptors (Lipinski definition) is 3. The quantitative estimate of drug-likeness (QED) is 0.778. The maximum Gasteiger partial charge on any atom is 0.223 e. The normalized spacial score (nSPS) is 17.5. The third kappa shape index (κ3) is 3.43. The van der Waals surface area contributed by atoms with Gasteiger partial charge in [-0.25, -0.2) is 4.98 Å². The van der Waals surface area contributed by atoms with Gasteiger partial charge in [0.15, 0.2) is 0 Å². The third-order valence-electron chi connectivity index (χ3n) is 4.87. The fourth-order valence-electron chi connectivity index (χ4n) is 3.63. The van der Waals surface area contributed by atoms with E-state index in [1.807, 2.05) is 53.2 Å². The van der Waals surface area contributed by atoms with Gasteiger partial charge in [0.2, 0.25) is 5.91 Å². The van der Waals surface area contributed by atoms with E-state index in [2.05, 4.69) is 15.1 Å². The summed E-state index contributed by atoms with van der Waals surface area (Å²) in [6.07, 6.45) is 7.17. The number of nitrogens with one attached hydrogen (secondary N) is 1. The van der Waals surface area contributed by atoms with Crippen molar-refractivity contribution in [2.24, 2.45) is 0 Å². The molecule has 6 heteroatoms. The summed E-state index contributed by atoms with van der Waals surface area (Å²) >= 11 is 0. The number of amides is 1. The fourth-order valence-corrected chi connectivity index (χ4v) is 3.63. The second-order valence-corrected chi connectivity index (χ2v) is 6.82. The highest BCUT2D eigenvalue weighted by molar-refractivity contribution is 5.78. The molecule has 25 heavy (non-hydrogen) atoms. The third-order valence-corrected chi connectivity index (χ3v) is 4.87. The lowest BCUT2D eigenvalue weighted by Crippen LogP contribution is -2.38. The van der Waals surface area contributed by atoms with Crippen LogP contribution < -0.4 is 0 Å². The Hall–Kier alpha value is -2.63. The summed E-state index contributed by atoms with van der Waals surface area (Å²) in [5.41, 5.74) is 3.14. The van der Waals surface area contributed by atoms with Crippen LogP contribution in [0.1, 0.15) is 30.7 Å². The number of rotatable bonds is 5. The van der Waals surface area contributed by atoms with E-state index in [1.165, 1.54) is 0 Å². The number of nitrogens with zero attached hydrogens (tertiary/aromatic N) is 4. The molecule has 0 bridgehead atoms. The second kappa shape index (κ2) is 6.70. The molecule has 1 aliphatic heterocycles. The highest BCUT2D eigenvalue weighted by Gasteiger charge is 2.28. The molecule has 130 valence electrons. The van der Waals surface area contributed by atoms with E-state index in [0.29, 0.717) is 12.8 Å². The van der Waals surface area contributed by atoms with E-state index in [4.69, 9.17) is 0 Å². The van der Waals surface area contributed by atoms with Crippen LogP contribution in [0, 0.1) is 6.92 Å². The van der Waals surface area contributed by atoms with Gasteiger partial charge in [-0.3, -0.25) is 9.48 Å². The predicted molar refractivity (Wildman–Crippen MR) is 96.1 cm³/mol. The minimum Gasteiger partial charge on any atom is -0.342 e. The highest BCUT2D eigenvalue weighted by atomic mass is 16.2. The molecule has 3 aromatic rings. The first-order chi connectivity index (χ1) is 12.2. The van der Waals surface area contributed by atoms with E-state index in [1.54, 1.807) is 0 Å². The lowest BCUT2D eigenvalue weighted by atomic mass is 10.2. The van der Waals surface area contributed by atoms with Gasteiger partial charge in [0.05, 0.1) is 29.8 Å². The minimum atomic E-state index is 0.215. The molecule has 1 atom stereocenters. The number of fused-ring (bicyclic) bond motifs is 1. The lowest BCUT2D eigenvalue weighted by Gasteiger charge is -2.24. The van der Waals surface area contributed by atoms with Crippen molar-refractivity contribution in [3.63, 3.8) is 0 Å². The molecule has 6 nitrogen and oxygen atoms in total. The van der Waals surface area contributed by atoms with Crippen molar-refractivity contribution in [2.75, 3.05) is 6.54 Å².